The lowest BCUT2D eigenvalue weighted by molar-refractivity contribution is 0.0695. The molecule has 0 amide bonds. The molecule has 0 saturated heterocycles. The molecule has 0 radical (unpaired) electrons. The van der Waals surface area contributed by atoms with Gasteiger partial charge in [0.2, 0.25) is 0 Å². The van der Waals surface area contributed by atoms with Crippen molar-refractivity contribution in [3.8, 4) is 0 Å². The van der Waals surface area contributed by atoms with E-state index >= 15 is 0 Å². The van der Waals surface area contributed by atoms with Gasteiger partial charge in [-0.2, -0.15) is 5.10 Å². The van der Waals surface area contributed by atoms with Gasteiger partial charge in [0.1, 0.15) is 0 Å². The van der Waals surface area contributed by atoms with Crippen molar-refractivity contribution in [3.63, 3.8) is 0 Å². The standard InChI is InChI=1S/C13H13ClN2O2/c1-8-12(14)9(2)16(15-8)7-10-5-3-4-6-11(10)13(17)18/h3-6H,7H2,1-2H3,(H,17,18). The van der Waals surface area contributed by atoms with Gasteiger partial charge in [-0.15, -0.1) is 0 Å². The molecule has 0 bridgehead atoms. The normalized spacial score (nSPS) is 10.6. The lowest BCUT2D eigenvalue weighted by atomic mass is 10.1. The molecule has 5 heteroatoms. The van der Waals surface area contributed by atoms with Gasteiger partial charge in [0.05, 0.1) is 28.5 Å². The zero-order chi connectivity index (χ0) is 13.3. The molecule has 2 aromatic rings. The Balaban J connectivity index is 2.40. The van der Waals surface area contributed by atoms with Crippen LogP contribution in [0.4, 0.5) is 0 Å². The molecule has 1 heterocycles. The van der Waals surface area contributed by atoms with Crippen LogP contribution in [0.3, 0.4) is 0 Å². The number of carbonyl (C=O) groups is 1. The molecule has 1 aromatic carbocycles. The second kappa shape index (κ2) is 4.82. The highest BCUT2D eigenvalue weighted by atomic mass is 35.5. The maximum atomic E-state index is 11.1. The van der Waals surface area contributed by atoms with Gasteiger partial charge in [-0.3, -0.25) is 4.68 Å². The molecule has 0 saturated carbocycles. The van der Waals surface area contributed by atoms with Gasteiger partial charge in [0.25, 0.3) is 0 Å². The Morgan fingerprint density at radius 1 is 1.39 bits per heavy atom. The Morgan fingerprint density at radius 3 is 2.61 bits per heavy atom. The van der Waals surface area contributed by atoms with E-state index in [1.807, 2.05) is 19.9 Å². The van der Waals surface area contributed by atoms with Crippen LogP contribution in [0.5, 0.6) is 0 Å². The second-order valence-electron chi connectivity index (χ2n) is 4.10. The second-order valence-corrected chi connectivity index (χ2v) is 4.48. The van der Waals surface area contributed by atoms with Crippen molar-refractivity contribution in [1.82, 2.24) is 9.78 Å². The van der Waals surface area contributed by atoms with Crippen molar-refractivity contribution in [2.45, 2.75) is 20.4 Å². The molecule has 0 fully saturated rings. The van der Waals surface area contributed by atoms with Crippen LogP contribution in [0.25, 0.3) is 0 Å². The van der Waals surface area contributed by atoms with Crippen molar-refractivity contribution in [2.24, 2.45) is 0 Å². The minimum Gasteiger partial charge on any atom is -0.478 e. The fourth-order valence-electron chi connectivity index (χ4n) is 1.86. The summed E-state index contributed by atoms with van der Waals surface area (Å²) < 4.78 is 1.72. The first kappa shape index (κ1) is 12.6. The molecule has 18 heavy (non-hydrogen) atoms. The maximum absolute atomic E-state index is 11.1. The number of hydrogen-bond acceptors (Lipinski definition) is 2. The largest absolute Gasteiger partial charge is 0.478 e. The lowest BCUT2D eigenvalue weighted by Crippen LogP contribution is -2.09. The summed E-state index contributed by atoms with van der Waals surface area (Å²) in [7, 11) is 0. The molecule has 94 valence electrons. The highest BCUT2D eigenvalue weighted by Gasteiger charge is 2.13. The Hall–Kier alpha value is -1.81. The minimum absolute atomic E-state index is 0.293. The molecular formula is C13H13ClN2O2. The number of aryl methyl sites for hydroxylation is 1. The molecule has 1 aromatic heterocycles. The van der Waals surface area contributed by atoms with Crippen molar-refractivity contribution in [3.05, 3.63) is 51.8 Å². The average molecular weight is 265 g/mol. The molecular weight excluding hydrogens is 252 g/mol. The molecule has 0 aliphatic carbocycles. The van der Waals surface area contributed by atoms with Crippen LogP contribution < -0.4 is 0 Å². The third-order valence-electron chi connectivity index (χ3n) is 2.86. The van der Waals surface area contributed by atoms with E-state index in [4.69, 9.17) is 16.7 Å². The fraction of sp³-hybridized carbons (Fsp3) is 0.231. The molecule has 0 aliphatic rings. The number of carboxylic acid groups (broad SMARTS) is 1. The van der Waals surface area contributed by atoms with Gasteiger partial charge in [0, 0.05) is 0 Å². The van der Waals surface area contributed by atoms with Gasteiger partial charge in [-0.1, -0.05) is 29.8 Å². The van der Waals surface area contributed by atoms with Crippen LogP contribution in [0, 0.1) is 13.8 Å². The van der Waals surface area contributed by atoms with E-state index in [2.05, 4.69) is 5.10 Å². The van der Waals surface area contributed by atoms with Gasteiger partial charge < -0.3 is 5.11 Å². The summed E-state index contributed by atoms with van der Waals surface area (Å²) in [6.07, 6.45) is 0. The first-order chi connectivity index (χ1) is 8.50. The number of carboxylic acids is 1. The first-order valence-electron chi connectivity index (χ1n) is 5.51. The summed E-state index contributed by atoms with van der Waals surface area (Å²) in [6, 6.07) is 6.90. The molecule has 0 atom stereocenters. The number of hydrogen-bond donors (Lipinski definition) is 1. The first-order valence-corrected chi connectivity index (χ1v) is 5.89. The summed E-state index contributed by atoms with van der Waals surface area (Å²) >= 11 is 6.07. The molecule has 0 unspecified atom stereocenters. The van der Waals surface area contributed by atoms with E-state index in [9.17, 15) is 4.79 Å². The maximum Gasteiger partial charge on any atom is 0.336 e. The third-order valence-corrected chi connectivity index (χ3v) is 3.41. The van der Waals surface area contributed by atoms with Crippen molar-refractivity contribution in [2.75, 3.05) is 0 Å². The quantitative estimate of drug-likeness (QED) is 0.927. The average Bonchev–Trinajstić information content (AvgIpc) is 2.57. The highest BCUT2D eigenvalue weighted by molar-refractivity contribution is 6.31. The molecule has 2 rings (SSSR count). The molecule has 4 nitrogen and oxygen atoms in total. The smallest absolute Gasteiger partial charge is 0.336 e. The van der Waals surface area contributed by atoms with Crippen molar-refractivity contribution < 1.29 is 9.90 Å². The van der Waals surface area contributed by atoms with E-state index in [-0.39, 0.29) is 0 Å². The van der Waals surface area contributed by atoms with E-state index in [1.54, 1.807) is 22.9 Å². The van der Waals surface area contributed by atoms with Crippen LogP contribution in [0.15, 0.2) is 24.3 Å². The predicted octanol–water partition coefficient (Wildman–Crippen LogP) is 2.90. The zero-order valence-corrected chi connectivity index (χ0v) is 10.9. The van der Waals surface area contributed by atoms with E-state index < -0.39 is 5.97 Å². The molecule has 1 N–H and O–H groups in total. The zero-order valence-electron chi connectivity index (χ0n) is 10.1. The van der Waals surface area contributed by atoms with Gasteiger partial charge >= 0.3 is 5.97 Å². The summed E-state index contributed by atoms with van der Waals surface area (Å²) in [5.41, 5.74) is 2.60. The van der Waals surface area contributed by atoms with Crippen LogP contribution >= 0.6 is 11.6 Å². The summed E-state index contributed by atoms with van der Waals surface area (Å²) in [5, 5.41) is 14.0. The predicted molar refractivity (Wildman–Crippen MR) is 69.2 cm³/mol. The Labute approximate surface area is 110 Å². The van der Waals surface area contributed by atoms with Crippen molar-refractivity contribution in [1.29, 1.82) is 0 Å². The summed E-state index contributed by atoms with van der Waals surface area (Å²) in [5.74, 6) is -0.932. The number of nitrogens with zero attached hydrogens (tertiary/aromatic N) is 2. The highest BCUT2D eigenvalue weighted by Crippen LogP contribution is 2.20. The number of halogens is 1. The van der Waals surface area contributed by atoms with Crippen LogP contribution in [-0.2, 0) is 6.54 Å². The number of benzene rings is 1. The summed E-state index contributed by atoms with van der Waals surface area (Å²) in [4.78, 5) is 11.1. The van der Waals surface area contributed by atoms with Gasteiger partial charge in [-0.25, -0.2) is 4.79 Å². The number of aromatic nitrogens is 2. The lowest BCUT2D eigenvalue weighted by Gasteiger charge is -2.07. The third kappa shape index (κ3) is 2.24. The molecule has 0 aliphatic heterocycles. The van der Waals surface area contributed by atoms with Gasteiger partial charge in [0.15, 0.2) is 0 Å². The van der Waals surface area contributed by atoms with Crippen molar-refractivity contribution >= 4 is 17.6 Å². The van der Waals surface area contributed by atoms with Crippen LogP contribution in [-0.4, -0.2) is 20.9 Å². The van der Waals surface area contributed by atoms with E-state index in [1.165, 1.54) is 0 Å². The SMILES string of the molecule is Cc1nn(Cc2ccccc2C(=O)O)c(C)c1Cl. The van der Waals surface area contributed by atoms with Gasteiger partial charge in [-0.05, 0) is 25.5 Å². The Bertz CT molecular complexity index is 605. The summed E-state index contributed by atoms with van der Waals surface area (Å²) in [6.45, 7) is 4.10. The topological polar surface area (TPSA) is 55.1 Å². The Kier molecular flexibility index (Phi) is 3.39. The number of rotatable bonds is 3. The fourth-order valence-corrected chi connectivity index (χ4v) is 1.99. The van der Waals surface area contributed by atoms with E-state index in [0.29, 0.717) is 22.7 Å². The minimum atomic E-state index is -0.932. The van der Waals surface area contributed by atoms with Crippen LogP contribution in [0.2, 0.25) is 5.02 Å². The molecule has 0 spiro atoms. The van der Waals surface area contributed by atoms with Crippen LogP contribution in [0.1, 0.15) is 27.3 Å². The number of aromatic carboxylic acids is 1. The Morgan fingerprint density at radius 2 is 2.06 bits per heavy atom. The van der Waals surface area contributed by atoms with E-state index in [0.717, 1.165) is 11.4 Å². The monoisotopic (exact) mass is 264 g/mol.